The lowest BCUT2D eigenvalue weighted by Crippen LogP contribution is -2.15. The van der Waals surface area contributed by atoms with E-state index in [1.807, 2.05) is 19.9 Å². The van der Waals surface area contributed by atoms with Gasteiger partial charge in [-0.1, -0.05) is 36.6 Å². The Kier molecular flexibility index (Phi) is 6.66. The minimum Gasteiger partial charge on any atom is -0.493 e. The lowest BCUT2D eigenvalue weighted by molar-refractivity contribution is 0.272. The third kappa shape index (κ3) is 5.00. The van der Waals surface area contributed by atoms with E-state index in [-0.39, 0.29) is 23.1 Å². The highest BCUT2D eigenvalue weighted by atomic mass is 32.3. The van der Waals surface area contributed by atoms with Crippen LogP contribution in [0.1, 0.15) is 51.1 Å². The predicted molar refractivity (Wildman–Crippen MR) is 154 cm³/mol. The van der Waals surface area contributed by atoms with E-state index in [2.05, 4.69) is 24.8 Å². The average molecular weight is 575 g/mol. The number of aromatic amines is 1. The number of hydrogen-bond donors (Lipinski definition) is 1. The van der Waals surface area contributed by atoms with E-state index >= 15 is 0 Å². The summed E-state index contributed by atoms with van der Waals surface area (Å²) < 4.78 is 48.4. The normalized spacial score (nSPS) is 14.3. The molecule has 3 heterocycles. The van der Waals surface area contributed by atoms with Crippen LogP contribution in [0.15, 0.2) is 53.6 Å². The van der Waals surface area contributed by atoms with Gasteiger partial charge in [-0.25, -0.2) is 0 Å². The molecule has 0 amide bonds. The van der Waals surface area contributed by atoms with Crippen LogP contribution in [-0.2, 0) is 10.5 Å². The number of halogens is 1. The monoisotopic (exact) mass is 574 g/mol. The number of aromatic nitrogens is 3. The molecule has 2 aromatic carbocycles. The van der Waals surface area contributed by atoms with Crippen molar-refractivity contribution in [2.45, 2.75) is 45.6 Å². The Morgan fingerprint density at radius 1 is 1.15 bits per heavy atom. The van der Waals surface area contributed by atoms with Crippen LogP contribution in [0.4, 0.5) is 3.89 Å². The number of nitriles is 1. The van der Waals surface area contributed by atoms with Crippen molar-refractivity contribution >= 4 is 43.3 Å². The third-order valence-corrected chi connectivity index (χ3v) is 7.85. The van der Waals surface area contributed by atoms with Gasteiger partial charge in [0.1, 0.15) is 11.4 Å². The Morgan fingerprint density at radius 2 is 1.93 bits per heavy atom. The molecule has 6 rings (SSSR count). The zero-order valence-corrected chi connectivity index (χ0v) is 23.3. The van der Waals surface area contributed by atoms with Crippen molar-refractivity contribution in [2.24, 2.45) is 5.92 Å². The molecule has 1 aliphatic rings. The number of hydrogen-bond acceptors (Lipinski definition) is 7. The second-order valence-corrected chi connectivity index (χ2v) is 11.8. The van der Waals surface area contributed by atoms with Gasteiger partial charge in [0.2, 0.25) is 0 Å². The fourth-order valence-electron chi connectivity index (χ4n) is 5.74. The van der Waals surface area contributed by atoms with E-state index < -0.39 is 10.5 Å². The van der Waals surface area contributed by atoms with Crippen LogP contribution in [0, 0.1) is 17.2 Å². The van der Waals surface area contributed by atoms with E-state index in [9.17, 15) is 22.4 Å². The number of rotatable bonds is 7. The van der Waals surface area contributed by atoms with Gasteiger partial charge in [-0.3, -0.25) is 9.78 Å². The molecular weight excluding hydrogens is 547 g/mol. The molecule has 0 aliphatic heterocycles. The van der Waals surface area contributed by atoms with E-state index in [1.54, 1.807) is 24.3 Å². The summed E-state index contributed by atoms with van der Waals surface area (Å²) in [6, 6.07) is 12.5. The predicted octanol–water partition coefficient (Wildman–Crippen LogP) is 6.31. The van der Waals surface area contributed by atoms with Gasteiger partial charge in [-0.15, -0.1) is 0 Å². The Bertz CT molecular complexity index is 2040. The average Bonchev–Trinajstić information content (AvgIpc) is 3.59. The summed E-state index contributed by atoms with van der Waals surface area (Å²) in [6.07, 6.45) is 6.60. The van der Waals surface area contributed by atoms with Gasteiger partial charge in [0, 0.05) is 34.3 Å². The number of benzene rings is 2. The maximum atomic E-state index is 14.1. The SMILES string of the molecule is CC(C)COc1cc2c(=O)c3c4ccc(C#N)cc4[nH]c3n(C3CCCC3)c2cc1-c1cncc(OS(=O)(=O)F)c1. The fraction of sp³-hybridized carbons (Fsp3) is 0.300. The van der Waals surface area contributed by atoms with Crippen molar-refractivity contribution < 1.29 is 21.2 Å². The smallest absolute Gasteiger partial charge is 0.488 e. The van der Waals surface area contributed by atoms with Crippen LogP contribution in [0.2, 0.25) is 0 Å². The second-order valence-electron chi connectivity index (χ2n) is 10.8. The Balaban J connectivity index is 1.69. The van der Waals surface area contributed by atoms with Crippen molar-refractivity contribution in [3.63, 3.8) is 0 Å². The molecule has 1 saturated carbocycles. The molecule has 41 heavy (non-hydrogen) atoms. The molecule has 0 saturated heterocycles. The van der Waals surface area contributed by atoms with E-state index in [0.29, 0.717) is 56.5 Å². The molecule has 0 spiro atoms. The second kappa shape index (κ2) is 10.2. The van der Waals surface area contributed by atoms with E-state index in [0.717, 1.165) is 37.3 Å². The summed E-state index contributed by atoms with van der Waals surface area (Å²) in [5.74, 6) is 0.310. The first-order chi connectivity index (χ1) is 19.6. The van der Waals surface area contributed by atoms with E-state index in [4.69, 9.17) is 4.74 Å². The maximum absolute atomic E-state index is 14.1. The Morgan fingerprint density at radius 3 is 2.63 bits per heavy atom. The quantitative estimate of drug-likeness (QED) is 0.226. The summed E-state index contributed by atoms with van der Waals surface area (Å²) in [7, 11) is -5.25. The standard InChI is InChI=1S/C30H27FN4O5S/c1-17(2)16-39-27-12-24-26(11-23(27)19-10-21(15-33-14-19)40-41(31,37)38)35(20-5-3-4-6-20)30-28(29(24)36)22-8-7-18(13-32)9-25(22)34-30/h7-12,14-15,17,20,34H,3-6,16H2,1-2H3. The number of nitrogens with one attached hydrogen (secondary N) is 1. The van der Waals surface area contributed by atoms with Crippen LogP contribution in [-0.4, -0.2) is 29.6 Å². The highest BCUT2D eigenvalue weighted by molar-refractivity contribution is 7.81. The van der Waals surface area contributed by atoms with Crippen molar-refractivity contribution in [1.82, 2.24) is 14.5 Å². The first-order valence-electron chi connectivity index (χ1n) is 13.4. The highest BCUT2D eigenvalue weighted by Crippen LogP contribution is 2.40. The molecule has 210 valence electrons. The van der Waals surface area contributed by atoms with Crippen LogP contribution >= 0.6 is 0 Å². The first-order valence-corrected chi connectivity index (χ1v) is 14.7. The summed E-state index contributed by atoms with van der Waals surface area (Å²) in [4.78, 5) is 21.6. The molecule has 1 fully saturated rings. The molecule has 0 unspecified atom stereocenters. The van der Waals surface area contributed by atoms with Gasteiger partial charge in [0.05, 0.1) is 40.7 Å². The third-order valence-electron chi connectivity index (χ3n) is 7.46. The summed E-state index contributed by atoms with van der Waals surface area (Å²) >= 11 is 0. The van der Waals surface area contributed by atoms with Gasteiger partial charge in [0.15, 0.2) is 11.2 Å². The van der Waals surface area contributed by atoms with Gasteiger partial charge in [-0.05, 0) is 49.1 Å². The number of H-pyrrole nitrogens is 1. The van der Waals surface area contributed by atoms with Crippen molar-refractivity contribution in [2.75, 3.05) is 6.61 Å². The lowest BCUT2D eigenvalue weighted by atomic mass is 10.0. The topological polar surface area (TPSA) is 127 Å². The van der Waals surface area contributed by atoms with Crippen LogP contribution in [0.5, 0.6) is 11.5 Å². The number of pyridine rings is 2. The molecule has 3 aromatic heterocycles. The lowest BCUT2D eigenvalue weighted by Gasteiger charge is -2.22. The molecular formula is C30H27FN4O5S. The molecule has 5 aromatic rings. The summed E-state index contributed by atoms with van der Waals surface area (Å²) in [5.41, 5.74) is 3.38. The highest BCUT2D eigenvalue weighted by Gasteiger charge is 2.26. The fourth-order valence-corrected chi connectivity index (χ4v) is 6.06. The van der Waals surface area contributed by atoms with Crippen LogP contribution in [0.25, 0.3) is 44.0 Å². The molecule has 1 N–H and O–H groups in total. The minimum atomic E-state index is -5.25. The summed E-state index contributed by atoms with van der Waals surface area (Å²) in [6.45, 7) is 4.37. The zero-order valence-electron chi connectivity index (χ0n) is 22.5. The van der Waals surface area contributed by atoms with E-state index in [1.165, 1.54) is 12.3 Å². The maximum Gasteiger partial charge on any atom is 0.488 e. The Hall–Kier alpha value is -4.43. The number of ether oxygens (including phenoxy) is 1. The Labute approximate surface area is 235 Å². The van der Waals surface area contributed by atoms with Crippen molar-refractivity contribution in [1.29, 1.82) is 5.26 Å². The van der Waals surface area contributed by atoms with Crippen molar-refractivity contribution in [3.8, 4) is 28.7 Å². The molecule has 1 aliphatic carbocycles. The van der Waals surface area contributed by atoms with Crippen LogP contribution < -0.4 is 14.3 Å². The molecule has 11 heteroatoms. The molecule has 0 radical (unpaired) electrons. The number of fused-ring (bicyclic) bond motifs is 4. The van der Waals surface area contributed by atoms with Gasteiger partial charge in [0.25, 0.3) is 0 Å². The largest absolute Gasteiger partial charge is 0.493 e. The van der Waals surface area contributed by atoms with Gasteiger partial charge in [-0.2, -0.15) is 13.7 Å². The summed E-state index contributed by atoms with van der Waals surface area (Å²) in [5, 5.41) is 11.2. The minimum absolute atomic E-state index is 0.129. The zero-order chi connectivity index (χ0) is 28.9. The molecule has 9 nitrogen and oxygen atoms in total. The molecule has 0 atom stereocenters. The molecule has 0 bridgehead atoms. The van der Waals surface area contributed by atoms with Gasteiger partial charge < -0.3 is 18.5 Å². The number of nitrogens with zero attached hydrogens (tertiary/aromatic N) is 3. The van der Waals surface area contributed by atoms with Crippen molar-refractivity contribution in [3.05, 3.63) is 64.6 Å². The van der Waals surface area contributed by atoms with Gasteiger partial charge >= 0.3 is 10.5 Å². The first kappa shape index (κ1) is 26.8. The van der Waals surface area contributed by atoms with Crippen LogP contribution in [0.3, 0.4) is 0 Å².